The van der Waals surface area contributed by atoms with Crippen molar-refractivity contribution in [2.45, 2.75) is 20.4 Å². The Morgan fingerprint density at radius 1 is 1.55 bits per heavy atom. The summed E-state index contributed by atoms with van der Waals surface area (Å²) in [4.78, 5) is 0. The van der Waals surface area contributed by atoms with Gasteiger partial charge in [0.25, 0.3) is 0 Å². The molecule has 4 heteroatoms. The van der Waals surface area contributed by atoms with E-state index in [1.807, 2.05) is 6.20 Å². The molecule has 11 heavy (non-hydrogen) atoms. The predicted octanol–water partition coefficient (Wildman–Crippen LogP) is 0.263. The van der Waals surface area contributed by atoms with Crippen molar-refractivity contribution in [3.8, 4) is 0 Å². The summed E-state index contributed by atoms with van der Waals surface area (Å²) in [6, 6.07) is 0. The van der Waals surface area contributed by atoms with Crippen LogP contribution >= 0.6 is 0 Å². The molecule has 4 nitrogen and oxygen atoms in total. The van der Waals surface area contributed by atoms with Gasteiger partial charge in [0.05, 0.1) is 6.20 Å². The van der Waals surface area contributed by atoms with Gasteiger partial charge in [-0.2, -0.15) is 0 Å². The van der Waals surface area contributed by atoms with Crippen LogP contribution in [0.3, 0.4) is 0 Å². The lowest BCUT2D eigenvalue weighted by Gasteiger charge is -2.21. The van der Waals surface area contributed by atoms with Gasteiger partial charge in [-0.1, -0.05) is 19.1 Å². The molecule has 1 heterocycles. The molecule has 0 aliphatic carbocycles. The zero-order chi connectivity index (χ0) is 8.32. The Kier molecular flexibility index (Phi) is 2.24. The van der Waals surface area contributed by atoms with Crippen LogP contribution in [-0.2, 0) is 6.54 Å². The lowest BCUT2D eigenvalue weighted by Crippen LogP contribution is -2.28. The minimum atomic E-state index is 0.105. The Morgan fingerprint density at radius 2 is 2.27 bits per heavy atom. The third kappa shape index (κ3) is 2.31. The fourth-order valence-corrected chi connectivity index (χ4v) is 0.820. The second-order valence-electron chi connectivity index (χ2n) is 3.47. The Hall–Kier alpha value is -0.900. The molecular weight excluding hydrogens is 140 g/mol. The second-order valence-corrected chi connectivity index (χ2v) is 3.47. The topological polar surface area (TPSA) is 56.7 Å². The molecule has 0 aliphatic heterocycles. The molecule has 0 radical (unpaired) electrons. The zero-order valence-electron chi connectivity index (χ0n) is 6.99. The van der Waals surface area contributed by atoms with Gasteiger partial charge in [0.1, 0.15) is 0 Å². The van der Waals surface area contributed by atoms with Crippen LogP contribution in [0, 0.1) is 5.41 Å². The molecule has 2 N–H and O–H groups in total. The maximum atomic E-state index is 5.56. The highest BCUT2D eigenvalue weighted by molar-refractivity contribution is 4.72. The highest BCUT2D eigenvalue weighted by atomic mass is 15.4. The highest BCUT2D eigenvalue weighted by Crippen LogP contribution is 2.14. The van der Waals surface area contributed by atoms with E-state index >= 15 is 0 Å². The number of rotatable bonds is 3. The average Bonchev–Trinajstić information content (AvgIpc) is 2.39. The number of nitrogens with two attached hydrogens (primary N) is 1. The summed E-state index contributed by atoms with van der Waals surface area (Å²) in [6.45, 7) is 5.69. The largest absolute Gasteiger partial charge is 0.330 e. The van der Waals surface area contributed by atoms with Gasteiger partial charge < -0.3 is 5.73 Å². The van der Waals surface area contributed by atoms with E-state index in [4.69, 9.17) is 5.73 Å². The van der Waals surface area contributed by atoms with Crippen molar-refractivity contribution in [3.63, 3.8) is 0 Å². The standard InChI is InChI=1S/C7H14N4/c1-7(2,5-8)6-11-4-3-9-10-11/h3-4H,5-6,8H2,1-2H3. The van der Waals surface area contributed by atoms with Crippen molar-refractivity contribution in [1.82, 2.24) is 15.0 Å². The van der Waals surface area contributed by atoms with E-state index in [2.05, 4.69) is 24.2 Å². The minimum absolute atomic E-state index is 0.105. The van der Waals surface area contributed by atoms with E-state index in [9.17, 15) is 0 Å². The molecule has 0 saturated carbocycles. The zero-order valence-corrected chi connectivity index (χ0v) is 6.99. The van der Waals surface area contributed by atoms with Gasteiger partial charge in [-0.15, -0.1) is 5.10 Å². The quantitative estimate of drug-likeness (QED) is 0.679. The molecule has 0 aliphatic rings. The molecule has 1 rings (SSSR count). The Morgan fingerprint density at radius 3 is 2.73 bits per heavy atom. The van der Waals surface area contributed by atoms with Crippen LogP contribution < -0.4 is 5.73 Å². The molecule has 1 aromatic heterocycles. The van der Waals surface area contributed by atoms with Gasteiger partial charge in [0.15, 0.2) is 0 Å². The second kappa shape index (κ2) is 3.00. The summed E-state index contributed by atoms with van der Waals surface area (Å²) in [5.74, 6) is 0. The number of nitrogens with zero attached hydrogens (tertiary/aromatic N) is 3. The van der Waals surface area contributed by atoms with Crippen LogP contribution in [0.5, 0.6) is 0 Å². The van der Waals surface area contributed by atoms with Crippen molar-refractivity contribution >= 4 is 0 Å². The summed E-state index contributed by atoms with van der Waals surface area (Å²) in [5.41, 5.74) is 5.67. The van der Waals surface area contributed by atoms with Gasteiger partial charge >= 0.3 is 0 Å². The summed E-state index contributed by atoms with van der Waals surface area (Å²) < 4.78 is 1.80. The minimum Gasteiger partial charge on any atom is -0.330 e. The molecule has 0 saturated heterocycles. The van der Waals surface area contributed by atoms with Crippen molar-refractivity contribution in [2.75, 3.05) is 6.54 Å². The van der Waals surface area contributed by atoms with Crippen molar-refractivity contribution < 1.29 is 0 Å². The van der Waals surface area contributed by atoms with E-state index in [-0.39, 0.29) is 5.41 Å². The molecule has 0 unspecified atom stereocenters. The van der Waals surface area contributed by atoms with Gasteiger partial charge in [0.2, 0.25) is 0 Å². The van der Waals surface area contributed by atoms with Crippen molar-refractivity contribution in [2.24, 2.45) is 11.1 Å². The van der Waals surface area contributed by atoms with Crippen LogP contribution in [0.1, 0.15) is 13.8 Å². The van der Waals surface area contributed by atoms with Gasteiger partial charge in [-0.25, -0.2) is 0 Å². The predicted molar refractivity (Wildman–Crippen MR) is 42.9 cm³/mol. The van der Waals surface area contributed by atoms with Gasteiger partial charge in [-0.3, -0.25) is 4.68 Å². The molecule has 1 aromatic rings. The first-order chi connectivity index (χ1) is 5.14. The smallest absolute Gasteiger partial charge is 0.0692 e. The SMILES string of the molecule is CC(C)(CN)Cn1ccnn1. The molecule has 0 bridgehead atoms. The fourth-order valence-electron chi connectivity index (χ4n) is 0.820. The summed E-state index contributed by atoms with van der Waals surface area (Å²) >= 11 is 0. The van der Waals surface area contributed by atoms with E-state index in [1.165, 1.54) is 0 Å². The summed E-state index contributed by atoms with van der Waals surface area (Å²) in [5, 5.41) is 7.57. The summed E-state index contributed by atoms with van der Waals surface area (Å²) in [6.07, 6.45) is 3.52. The van der Waals surface area contributed by atoms with Crippen LogP contribution in [0.2, 0.25) is 0 Å². The molecule has 62 valence electrons. The first kappa shape index (κ1) is 8.20. The third-order valence-electron chi connectivity index (χ3n) is 1.61. The maximum absolute atomic E-state index is 5.56. The highest BCUT2D eigenvalue weighted by Gasteiger charge is 2.16. The van der Waals surface area contributed by atoms with Crippen LogP contribution in [-0.4, -0.2) is 21.5 Å². The molecule has 0 aromatic carbocycles. The van der Waals surface area contributed by atoms with E-state index in [1.54, 1.807) is 10.9 Å². The maximum Gasteiger partial charge on any atom is 0.0692 e. The molecule has 0 fully saturated rings. The monoisotopic (exact) mass is 154 g/mol. The average molecular weight is 154 g/mol. The number of aromatic nitrogens is 3. The number of hydrogen-bond acceptors (Lipinski definition) is 3. The molecule has 0 spiro atoms. The van der Waals surface area contributed by atoms with E-state index < -0.39 is 0 Å². The normalized spacial score (nSPS) is 11.9. The lowest BCUT2D eigenvalue weighted by atomic mass is 9.94. The Bertz CT molecular complexity index is 202. The third-order valence-corrected chi connectivity index (χ3v) is 1.61. The van der Waals surface area contributed by atoms with Gasteiger partial charge in [-0.05, 0) is 12.0 Å². The van der Waals surface area contributed by atoms with Crippen molar-refractivity contribution in [1.29, 1.82) is 0 Å². The lowest BCUT2D eigenvalue weighted by molar-refractivity contribution is 0.298. The Balaban J connectivity index is 2.56. The van der Waals surface area contributed by atoms with E-state index in [0.717, 1.165) is 6.54 Å². The number of hydrogen-bond donors (Lipinski definition) is 1. The van der Waals surface area contributed by atoms with Crippen LogP contribution in [0.4, 0.5) is 0 Å². The molecule has 0 amide bonds. The van der Waals surface area contributed by atoms with Gasteiger partial charge in [0, 0.05) is 12.7 Å². The van der Waals surface area contributed by atoms with Crippen molar-refractivity contribution in [3.05, 3.63) is 12.4 Å². The van der Waals surface area contributed by atoms with E-state index in [0.29, 0.717) is 6.54 Å². The van der Waals surface area contributed by atoms with Crippen LogP contribution in [0.25, 0.3) is 0 Å². The first-order valence-corrected chi connectivity index (χ1v) is 3.68. The fraction of sp³-hybridized carbons (Fsp3) is 0.714. The first-order valence-electron chi connectivity index (χ1n) is 3.68. The molecule has 0 atom stereocenters. The van der Waals surface area contributed by atoms with Crippen LogP contribution in [0.15, 0.2) is 12.4 Å². The Labute approximate surface area is 66.4 Å². The summed E-state index contributed by atoms with van der Waals surface area (Å²) in [7, 11) is 0. The molecular formula is C7H14N4.